The van der Waals surface area contributed by atoms with Crippen LogP contribution in [-0.2, 0) is 9.47 Å². The molecule has 2 atom stereocenters. The summed E-state index contributed by atoms with van der Waals surface area (Å²) in [6.07, 6.45) is 1.69. The summed E-state index contributed by atoms with van der Waals surface area (Å²) >= 11 is 0. The number of morpholine rings is 1. The van der Waals surface area contributed by atoms with Crippen LogP contribution < -0.4 is 5.32 Å². The highest BCUT2D eigenvalue weighted by Crippen LogP contribution is 2.21. The molecule has 1 rings (SSSR count). The van der Waals surface area contributed by atoms with Gasteiger partial charge in [-0.2, -0.15) is 0 Å². The van der Waals surface area contributed by atoms with E-state index in [0.717, 1.165) is 12.8 Å². The summed E-state index contributed by atoms with van der Waals surface area (Å²) in [5.74, 6) is 0. The van der Waals surface area contributed by atoms with E-state index < -0.39 is 0 Å². The van der Waals surface area contributed by atoms with Crippen LogP contribution in [0, 0.1) is 0 Å². The molecule has 0 radical (unpaired) electrons. The maximum absolute atomic E-state index is 12.3. The summed E-state index contributed by atoms with van der Waals surface area (Å²) in [7, 11) is 1.70. The van der Waals surface area contributed by atoms with Crippen molar-refractivity contribution >= 4 is 6.03 Å². The number of carbonyl (C=O) groups is 1. The molecule has 5 heteroatoms. The van der Waals surface area contributed by atoms with Crippen LogP contribution >= 0.6 is 0 Å². The number of nitrogens with zero attached hydrogens (tertiary/aromatic N) is 1. The van der Waals surface area contributed by atoms with E-state index >= 15 is 0 Å². The highest BCUT2D eigenvalue weighted by atomic mass is 16.5. The second kappa shape index (κ2) is 6.76. The number of hydrogen-bond donors (Lipinski definition) is 1. The lowest BCUT2D eigenvalue weighted by Gasteiger charge is -2.40. The van der Waals surface area contributed by atoms with Crippen molar-refractivity contribution in [2.45, 2.75) is 64.7 Å². The Morgan fingerprint density at radius 1 is 1.55 bits per heavy atom. The Kier molecular flexibility index (Phi) is 5.83. The average Bonchev–Trinajstić information content (AvgIpc) is 2.38. The molecule has 0 saturated carbocycles. The molecule has 1 heterocycles. The van der Waals surface area contributed by atoms with Gasteiger partial charge in [0.05, 0.1) is 24.4 Å². The highest BCUT2D eigenvalue weighted by molar-refractivity contribution is 5.74. The predicted octanol–water partition coefficient (Wildman–Crippen LogP) is 2.40. The largest absolute Gasteiger partial charge is 0.379 e. The van der Waals surface area contributed by atoms with Crippen molar-refractivity contribution in [1.82, 2.24) is 10.2 Å². The quantitative estimate of drug-likeness (QED) is 0.844. The van der Waals surface area contributed by atoms with Crippen LogP contribution in [-0.4, -0.2) is 55.0 Å². The predicted molar refractivity (Wildman–Crippen MR) is 79.9 cm³/mol. The number of hydrogen-bond acceptors (Lipinski definition) is 3. The van der Waals surface area contributed by atoms with Gasteiger partial charge in [0.2, 0.25) is 0 Å². The van der Waals surface area contributed by atoms with E-state index in [2.05, 4.69) is 19.2 Å². The number of rotatable bonds is 5. The maximum atomic E-state index is 12.3. The highest BCUT2D eigenvalue weighted by Gasteiger charge is 2.33. The van der Waals surface area contributed by atoms with E-state index in [0.29, 0.717) is 19.7 Å². The Morgan fingerprint density at radius 3 is 2.75 bits per heavy atom. The summed E-state index contributed by atoms with van der Waals surface area (Å²) in [6.45, 7) is 12.1. The molecular weight excluding hydrogens is 256 g/mol. The fraction of sp³-hybridized carbons (Fsp3) is 0.933. The Balaban J connectivity index is 2.50. The maximum Gasteiger partial charge on any atom is 0.317 e. The third-order valence-electron chi connectivity index (χ3n) is 4.09. The number of nitrogens with one attached hydrogen (secondary N) is 1. The fourth-order valence-electron chi connectivity index (χ4n) is 2.49. The van der Waals surface area contributed by atoms with E-state index in [1.165, 1.54) is 0 Å². The summed E-state index contributed by atoms with van der Waals surface area (Å²) in [4.78, 5) is 14.2. The minimum atomic E-state index is -0.227. The fourth-order valence-corrected chi connectivity index (χ4v) is 2.49. The van der Waals surface area contributed by atoms with E-state index in [4.69, 9.17) is 9.47 Å². The smallest absolute Gasteiger partial charge is 0.317 e. The van der Waals surface area contributed by atoms with Crippen LogP contribution in [0.1, 0.15) is 47.5 Å². The molecule has 1 fully saturated rings. The van der Waals surface area contributed by atoms with Gasteiger partial charge < -0.3 is 19.7 Å². The summed E-state index contributed by atoms with van der Waals surface area (Å²) in [6, 6.07) is 0.0700. The molecule has 5 nitrogen and oxygen atoms in total. The summed E-state index contributed by atoms with van der Waals surface area (Å²) in [5, 5.41) is 3.05. The molecule has 0 aliphatic carbocycles. The van der Waals surface area contributed by atoms with Gasteiger partial charge in [-0.1, -0.05) is 6.92 Å². The SMILES string of the molecule is CC[C@]1(C)CN(C(=O)N[C@@H](C)CC(C)(C)OC)CCO1. The third kappa shape index (κ3) is 4.94. The van der Waals surface area contributed by atoms with Crippen LogP contribution in [0.4, 0.5) is 4.79 Å². The van der Waals surface area contributed by atoms with Crippen molar-refractivity contribution in [2.75, 3.05) is 26.8 Å². The van der Waals surface area contributed by atoms with Gasteiger partial charge >= 0.3 is 6.03 Å². The second-order valence-electron chi connectivity index (χ2n) is 6.59. The molecule has 0 aromatic carbocycles. The molecule has 0 aromatic rings. The monoisotopic (exact) mass is 286 g/mol. The molecule has 20 heavy (non-hydrogen) atoms. The minimum Gasteiger partial charge on any atom is -0.379 e. The van der Waals surface area contributed by atoms with Crippen molar-refractivity contribution in [3.63, 3.8) is 0 Å². The molecule has 2 amide bonds. The average molecular weight is 286 g/mol. The second-order valence-corrected chi connectivity index (χ2v) is 6.59. The molecule has 1 N–H and O–H groups in total. The molecule has 0 unspecified atom stereocenters. The van der Waals surface area contributed by atoms with Gasteiger partial charge in [-0.05, 0) is 40.5 Å². The van der Waals surface area contributed by atoms with E-state index in [1.54, 1.807) is 7.11 Å². The van der Waals surface area contributed by atoms with Crippen molar-refractivity contribution in [3.05, 3.63) is 0 Å². The topological polar surface area (TPSA) is 50.8 Å². The first-order valence-corrected chi connectivity index (χ1v) is 7.46. The van der Waals surface area contributed by atoms with Crippen LogP contribution in [0.3, 0.4) is 0 Å². The van der Waals surface area contributed by atoms with Gasteiger partial charge in [0, 0.05) is 19.7 Å². The van der Waals surface area contributed by atoms with Gasteiger partial charge in [-0.25, -0.2) is 4.79 Å². The Hall–Kier alpha value is -0.810. The van der Waals surface area contributed by atoms with Crippen LogP contribution in [0.2, 0.25) is 0 Å². The third-order valence-corrected chi connectivity index (χ3v) is 4.09. The first-order chi connectivity index (χ1) is 9.21. The minimum absolute atomic E-state index is 0.00706. The van der Waals surface area contributed by atoms with E-state index in [1.807, 2.05) is 25.7 Å². The molecule has 1 saturated heterocycles. The van der Waals surface area contributed by atoms with Crippen LogP contribution in [0.5, 0.6) is 0 Å². The Bertz CT molecular complexity index is 333. The number of amides is 2. The number of carbonyl (C=O) groups excluding carboxylic acids is 1. The van der Waals surface area contributed by atoms with Gasteiger partial charge in [0.25, 0.3) is 0 Å². The van der Waals surface area contributed by atoms with E-state index in [9.17, 15) is 4.79 Å². The molecule has 1 aliphatic heterocycles. The number of methoxy groups -OCH3 is 1. The Labute approximate surface area is 123 Å². The zero-order valence-corrected chi connectivity index (χ0v) is 13.8. The molecule has 118 valence electrons. The summed E-state index contributed by atoms with van der Waals surface area (Å²) < 4.78 is 11.2. The first-order valence-electron chi connectivity index (χ1n) is 7.46. The van der Waals surface area contributed by atoms with Crippen LogP contribution in [0.15, 0.2) is 0 Å². The number of ether oxygens (including phenoxy) is 2. The van der Waals surface area contributed by atoms with Crippen molar-refractivity contribution in [3.8, 4) is 0 Å². The van der Waals surface area contributed by atoms with Gasteiger partial charge in [-0.3, -0.25) is 0 Å². The lowest BCUT2D eigenvalue weighted by Crippen LogP contribution is -2.56. The zero-order chi connectivity index (χ0) is 15.4. The first kappa shape index (κ1) is 17.2. The molecular formula is C15H30N2O3. The lowest BCUT2D eigenvalue weighted by molar-refractivity contribution is -0.0876. The van der Waals surface area contributed by atoms with Gasteiger partial charge in [0.15, 0.2) is 0 Å². The van der Waals surface area contributed by atoms with Crippen LogP contribution in [0.25, 0.3) is 0 Å². The van der Waals surface area contributed by atoms with Crippen molar-refractivity contribution in [1.29, 1.82) is 0 Å². The molecule has 0 spiro atoms. The molecule has 1 aliphatic rings. The number of urea groups is 1. The zero-order valence-electron chi connectivity index (χ0n) is 13.8. The Morgan fingerprint density at radius 2 is 2.20 bits per heavy atom. The molecule has 0 bridgehead atoms. The normalized spacial score (nSPS) is 25.4. The van der Waals surface area contributed by atoms with E-state index in [-0.39, 0.29) is 23.3 Å². The van der Waals surface area contributed by atoms with Crippen molar-refractivity contribution < 1.29 is 14.3 Å². The van der Waals surface area contributed by atoms with Gasteiger partial charge in [0.1, 0.15) is 0 Å². The summed E-state index contributed by atoms with van der Waals surface area (Å²) in [5.41, 5.74) is -0.444. The van der Waals surface area contributed by atoms with Crippen molar-refractivity contribution in [2.24, 2.45) is 0 Å². The molecule has 0 aromatic heterocycles. The van der Waals surface area contributed by atoms with Gasteiger partial charge in [-0.15, -0.1) is 0 Å². The lowest BCUT2D eigenvalue weighted by atomic mass is 9.99. The standard InChI is InChI=1S/C15H30N2O3/c1-7-15(5)11-17(8-9-20-15)13(18)16-12(2)10-14(3,4)19-6/h12H,7-11H2,1-6H3,(H,16,18)/t12-,15+/m0/s1.